The van der Waals surface area contributed by atoms with Crippen LogP contribution in [0, 0.1) is 39.5 Å². The number of aryl methyl sites for hydroxylation is 1. The summed E-state index contributed by atoms with van der Waals surface area (Å²) in [6.07, 6.45) is 0. The molecule has 0 atom stereocenters. The number of aromatic nitrogens is 1. The van der Waals surface area contributed by atoms with Crippen LogP contribution in [0.1, 0.15) is 27.2 Å². The molecular formula is C30H31N9O4S. The van der Waals surface area contributed by atoms with Gasteiger partial charge in [0.1, 0.15) is 11.1 Å². The molecule has 1 amide bonds. The number of benzene rings is 3. The zero-order chi connectivity index (χ0) is 32.0. The number of piperazine rings is 1. The highest BCUT2D eigenvalue weighted by atomic mass is 32.1. The molecule has 1 aromatic heterocycles. The van der Waals surface area contributed by atoms with Crippen molar-refractivity contribution in [2.75, 3.05) is 47.9 Å². The molecule has 44 heavy (non-hydrogen) atoms. The summed E-state index contributed by atoms with van der Waals surface area (Å²) in [7, 11) is 0. The number of carbonyl (C=O) groups is 1. The summed E-state index contributed by atoms with van der Waals surface area (Å²) in [5.74, 6) is -0.225. The lowest BCUT2D eigenvalue weighted by molar-refractivity contribution is -0.383. The van der Waals surface area contributed by atoms with Gasteiger partial charge in [-0.15, -0.1) is 4.91 Å². The van der Waals surface area contributed by atoms with Crippen molar-refractivity contribution in [2.45, 2.75) is 20.4 Å². The predicted molar refractivity (Wildman–Crippen MR) is 175 cm³/mol. The van der Waals surface area contributed by atoms with Gasteiger partial charge < -0.3 is 21.7 Å². The Balaban J connectivity index is 0.00000141. The van der Waals surface area contributed by atoms with Gasteiger partial charge in [-0.1, -0.05) is 30.8 Å². The molecule has 3 aromatic carbocycles. The first-order valence-corrected chi connectivity index (χ1v) is 14.0. The second-order valence-electron chi connectivity index (χ2n) is 10.2. The first-order chi connectivity index (χ1) is 21.1. The molecule has 1 aliphatic rings. The van der Waals surface area contributed by atoms with E-state index in [4.69, 9.17) is 16.7 Å². The first kappa shape index (κ1) is 31.7. The highest BCUT2D eigenvalue weighted by molar-refractivity contribution is 7.85. The number of anilines is 4. The van der Waals surface area contributed by atoms with E-state index in [9.17, 15) is 19.8 Å². The average molecular weight is 614 g/mol. The molecule has 1 saturated heterocycles. The Morgan fingerprint density at radius 3 is 2.45 bits per heavy atom. The van der Waals surface area contributed by atoms with Crippen molar-refractivity contribution >= 4 is 63.6 Å². The Hall–Kier alpha value is -5.26. The number of nitrogens with one attached hydrogen (secondary N) is 1. The van der Waals surface area contributed by atoms with E-state index in [2.05, 4.69) is 33.0 Å². The van der Waals surface area contributed by atoms with Crippen LogP contribution < -0.4 is 21.7 Å². The zero-order valence-corrected chi connectivity index (χ0v) is 25.0. The molecule has 0 radical (unpaired) electrons. The van der Waals surface area contributed by atoms with E-state index in [0.29, 0.717) is 55.3 Å². The van der Waals surface area contributed by atoms with E-state index in [1.807, 2.05) is 55.1 Å². The van der Waals surface area contributed by atoms with Crippen molar-refractivity contribution in [3.05, 3.63) is 92.0 Å². The summed E-state index contributed by atoms with van der Waals surface area (Å²) in [5, 5.41) is 26.6. The maximum Gasteiger partial charge on any atom is 0.294 e. The van der Waals surface area contributed by atoms with Crippen LogP contribution in [0.25, 0.3) is 10.9 Å². The van der Waals surface area contributed by atoms with Gasteiger partial charge >= 0.3 is 0 Å². The van der Waals surface area contributed by atoms with E-state index in [1.165, 1.54) is 17.5 Å². The number of amides is 1. The number of rotatable bonds is 7. The van der Waals surface area contributed by atoms with Gasteiger partial charge in [-0.05, 0) is 60.5 Å². The third kappa shape index (κ3) is 6.69. The highest BCUT2D eigenvalue weighted by Gasteiger charge is 2.26. The quantitative estimate of drug-likeness (QED) is 0.0530. The van der Waals surface area contributed by atoms with Gasteiger partial charge in [0.2, 0.25) is 0 Å². The number of nitrogen functional groups attached to an aromatic ring is 2. The highest BCUT2D eigenvalue weighted by Crippen LogP contribution is 2.40. The van der Waals surface area contributed by atoms with E-state index >= 15 is 0 Å². The fraction of sp³-hybridized carbons (Fsp3) is 0.233. The maximum atomic E-state index is 13.3. The number of hydrogen-bond donors (Lipinski definition) is 4. The number of fused-ring (bicyclic) bond motifs is 1. The normalized spacial score (nSPS) is 13.0. The van der Waals surface area contributed by atoms with Crippen molar-refractivity contribution in [1.82, 2.24) is 9.88 Å². The molecule has 2 heterocycles. The van der Waals surface area contributed by atoms with Crippen molar-refractivity contribution in [1.29, 1.82) is 5.26 Å². The largest absolute Gasteiger partial charge is 0.398 e. The second kappa shape index (κ2) is 13.8. The number of thiol groups is 1. The van der Waals surface area contributed by atoms with Crippen LogP contribution in [0.15, 0.2) is 59.8 Å². The third-order valence-electron chi connectivity index (χ3n) is 7.61. The van der Waals surface area contributed by atoms with Crippen LogP contribution in [-0.2, 0) is 6.54 Å². The predicted octanol–water partition coefficient (Wildman–Crippen LogP) is 5.29. The average Bonchev–Trinajstić information content (AvgIpc) is 3.01. The molecule has 5 rings (SSSR count). The maximum absolute atomic E-state index is 13.3. The number of carbonyl (C=O) groups excluding carboxylic acids is 1. The van der Waals surface area contributed by atoms with Crippen LogP contribution >= 0.6 is 12.6 Å². The van der Waals surface area contributed by atoms with Gasteiger partial charge in [0.25, 0.3) is 11.6 Å². The number of nitrogens with zero attached hydrogens (tertiary/aromatic N) is 6. The number of nitriles is 1. The van der Waals surface area contributed by atoms with Gasteiger partial charge in [0, 0.05) is 66.8 Å². The van der Waals surface area contributed by atoms with E-state index in [0.717, 1.165) is 27.7 Å². The zero-order valence-electron chi connectivity index (χ0n) is 24.1. The molecule has 0 aliphatic carbocycles. The monoisotopic (exact) mass is 613 g/mol. The summed E-state index contributed by atoms with van der Waals surface area (Å²) < 4.78 is 0. The summed E-state index contributed by atoms with van der Waals surface area (Å²) in [6.45, 7) is 6.78. The SMILES string of the molecule is Cc1nc2ccc(NC(=O)c3ccccc3CN3CCN(c4ccc([N+](=O)[O-])c(N)c4N=O)CC3)cc2c(N)c1C.N#CS. The van der Waals surface area contributed by atoms with E-state index in [1.54, 1.807) is 6.07 Å². The molecule has 4 aromatic rings. The number of pyridine rings is 1. The standard InChI is InChI=1S/C29H30N8O4.CHNS/c1-17-18(2)32-23-8-7-20(15-22(23)26(17)30)33-29(38)21-6-4-3-5-19(21)16-35-11-13-36(14-12-35)25-10-9-24(37(40)41)27(31)28(25)34-39;2-1-3/h3-10,15H,11-14,16,31H2,1-2H3,(H2,30,32)(H,33,38);3H. The molecule has 13 nitrogen and oxygen atoms in total. The van der Waals surface area contributed by atoms with Gasteiger partial charge in [0.05, 0.1) is 16.1 Å². The number of nitro groups is 1. The Morgan fingerprint density at radius 2 is 1.80 bits per heavy atom. The lowest BCUT2D eigenvalue weighted by atomic mass is 10.0. The van der Waals surface area contributed by atoms with Crippen molar-refractivity contribution < 1.29 is 9.72 Å². The molecule has 226 valence electrons. The van der Waals surface area contributed by atoms with Crippen LogP contribution in [0.5, 0.6) is 0 Å². The number of hydrogen-bond acceptors (Lipinski definition) is 12. The van der Waals surface area contributed by atoms with Crippen molar-refractivity contribution in [3.63, 3.8) is 0 Å². The van der Waals surface area contributed by atoms with E-state index < -0.39 is 4.92 Å². The lowest BCUT2D eigenvalue weighted by Gasteiger charge is -2.36. The van der Waals surface area contributed by atoms with Gasteiger partial charge in [0.15, 0.2) is 5.69 Å². The third-order valence-corrected chi connectivity index (χ3v) is 7.61. The topological polar surface area (TPSA) is 197 Å². The number of nitroso groups, excluding NO2 is 1. The van der Waals surface area contributed by atoms with Gasteiger partial charge in [-0.3, -0.25) is 24.8 Å². The van der Waals surface area contributed by atoms with Crippen LogP contribution in [0.4, 0.5) is 34.1 Å². The molecular weight excluding hydrogens is 582 g/mol. The molecule has 0 unspecified atom stereocenters. The summed E-state index contributed by atoms with van der Waals surface area (Å²) in [6, 6.07) is 15.8. The summed E-state index contributed by atoms with van der Waals surface area (Å²) >= 11 is 3.09. The van der Waals surface area contributed by atoms with E-state index in [-0.39, 0.29) is 23.0 Å². The number of nitro benzene ring substituents is 1. The minimum absolute atomic E-state index is 0.119. The minimum atomic E-state index is -0.631. The van der Waals surface area contributed by atoms with Crippen LogP contribution in [0.3, 0.4) is 0 Å². The fourth-order valence-corrected chi connectivity index (χ4v) is 5.15. The Morgan fingerprint density at radius 1 is 1.11 bits per heavy atom. The van der Waals surface area contributed by atoms with Gasteiger partial charge in [-0.25, -0.2) is 0 Å². The summed E-state index contributed by atoms with van der Waals surface area (Å²) in [4.78, 5) is 44.1. The molecule has 1 aliphatic heterocycles. The molecule has 0 bridgehead atoms. The van der Waals surface area contributed by atoms with Crippen LogP contribution in [-0.4, -0.2) is 46.9 Å². The van der Waals surface area contributed by atoms with Crippen molar-refractivity contribution in [3.8, 4) is 5.40 Å². The summed E-state index contributed by atoms with van der Waals surface area (Å²) in [5.41, 5.74) is 17.3. The van der Waals surface area contributed by atoms with Crippen molar-refractivity contribution in [2.24, 2.45) is 5.18 Å². The molecule has 0 saturated carbocycles. The minimum Gasteiger partial charge on any atom is -0.398 e. The van der Waals surface area contributed by atoms with Gasteiger partial charge in [-0.2, -0.15) is 5.26 Å². The molecule has 14 heteroatoms. The molecule has 5 N–H and O–H groups in total. The van der Waals surface area contributed by atoms with Crippen LogP contribution in [0.2, 0.25) is 0 Å². The fourth-order valence-electron chi connectivity index (χ4n) is 5.15. The Bertz CT molecular complexity index is 1780. The Labute approximate surface area is 259 Å². The lowest BCUT2D eigenvalue weighted by Crippen LogP contribution is -2.46. The smallest absolute Gasteiger partial charge is 0.294 e. The Kier molecular flexibility index (Phi) is 9.94. The number of thiocyanates is 1. The number of nitrogens with two attached hydrogens (primary N) is 2. The molecule has 1 fully saturated rings. The first-order valence-electron chi connectivity index (χ1n) is 13.6. The second-order valence-corrected chi connectivity index (χ2v) is 10.4. The molecule has 0 spiro atoms.